The Kier molecular flexibility index (Phi) is 5.47. The van der Waals surface area contributed by atoms with Crippen molar-refractivity contribution in [3.8, 4) is 0 Å². The van der Waals surface area contributed by atoms with Crippen LogP contribution >= 0.6 is 0 Å². The lowest BCUT2D eigenvalue weighted by Gasteiger charge is -2.21. The molecule has 2 rings (SSSR count). The Morgan fingerprint density at radius 3 is 2.71 bits per heavy atom. The molecule has 0 aliphatic rings. The highest BCUT2D eigenvalue weighted by Gasteiger charge is 2.18. The van der Waals surface area contributed by atoms with E-state index >= 15 is 0 Å². The number of aromatic nitrogens is 3. The molecule has 7 heteroatoms. The van der Waals surface area contributed by atoms with Gasteiger partial charge in [-0.15, -0.1) is 0 Å². The minimum absolute atomic E-state index is 0.212. The number of hydrogen-bond donors (Lipinski definition) is 1. The first-order chi connectivity index (χ1) is 11.5. The molecule has 7 nitrogen and oxygen atoms in total. The summed E-state index contributed by atoms with van der Waals surface area (Å²) in [5, 5.41) is 11.3. The first-order valence-electron chi connectivity index (χ1n) is 7.66. The van der Waals surface area contributed by atoms with Crippen molar-refractivity contribution < 1.29 is 9.59 Å². The highest BCUT2D eigenvalue weighted by atomic mass is 16.2. The molecule has 0 spiro atoms. The van der Waals surface area contributed by atoms with Gasteiger partial charge < -0.3 is 10.2 Å². The third-order valence-electron chi connectivity index (χ3n) is 3.60. The van der Waals surface area contributed by atoms with Crippen LogP contribution in [0.2, 0.25) is 0 Å². The van der Waals surface area contributed by atoms with E-state index in [9.17, 15) is 9.59 Å². The fraction of sp³-hybridized carbons (Fsp3) is 0.294. The first-order valence-corrected chi connectivity index (χ1v) is 7.66. The van der Waals surface area contributed by atoms with Gasteiger partial charge in [-0.2, -0.15) is 15.0 Å². The molecule has 0 saturated heterocycles. The van der Waals surface area contributed by atoms with Gasteiger partial charge >= 0.3 is 0 Å². The van der Waals surface area contributed by atoms with E-state index in [0.29, 0.717) is 23.5 Å². The van der Waals surface area contributed by atoms with Gasteiger partial charge in [0.2, 0.25) is 0 Å². The number of nitrogens with one attached hydrogen (secondary N) is 1. The quantitative estimate of drug-likeness (QED) is 0.819. The average Bonchev–Trinajstić information content (AvgIpc) is 2.98. The van der Waals surface area contributed by atoms with Gasteiger partial charge in [-0.25, -0.2) is 0 Å². The Labute approximate surface area is 141 Å². The van der Waals surface area contributed by atoms with Gasteiger partial charge in [0.15, 0.2) is 0 Å². The van der Waals surface area contributed by atoms with Crippen molar-refractivity contribution in [2.24, 2.45) is 0 Å². The van der Waals surface area contributed by atoms with Crippen molar-refractivity contribution in [2.75, 3.05) is 11.9 Å². The number of amides is 2. The molecule has 0 atom stereocenters. The second-order valence-electron chi connectivity index (χ2n) is 5.18. The molecule has 126 valence electrons. The molecule has 0 fully saturated rings. The summed E-state index contributed by atoms with van der Waals surface area (Å²) in [7, 11) is 1.56. The Bertz CT molecular complexity index is 766. The van der Waals surface area contributed by atoms with Gasteiger partial charge in [0.1, 0.15) is 5.69 Å². The zero-order valence-electron chi connectivity index (χ0n) is 14.1. The van der Waals surface area contributed by atoms with Crippen LogP contribution in [0.25, 0.3) is 0 Å². The molecule has 1 heterocycles. The highest BCUT2D eigenvalue weighted by Crippen LogP contribution is 2.20. The van der Waals surface area contributed by atoms with E-state index in [4.69, 9.17) is 0 Å². The summed E-state index contributed by atoms with van der Waals surface area (Å²) in [5.41, 5.74) is 2.55. The molecule has 24 heavy (non-hydrogen) atoms. The average molecular weight is 327 g/mol. The van der Waals surface area contributed by atoms with Gasteiger partial charge in [0.25, 0.3) is 11.8 Å². The van der Waals surface area contributed by atoms with Gasteiger partial charge in [0.05, 0.1) is 18.8 Å². The summed E-state index contributed by atoms with van der Waals surface area (Å²) in [4.78, 5) is 27.2. The first kappa shape index (κ1) is 17.4. The third kappa shape index (κ3) is 3.68. The number of hydrogen-bond acceptors (Lipinski definition) is 4. The fourth-order valence-corrected chi connectivity index (χ4v) is 2.27. The van der Waals surface area contributed by atoms with Crippen LogP contribution in [-0.2, 0) is 17.9 Å². The van der Waals surface area contributed by atoms with E-state index < -0.39 is 0 Å². The maximum Gasteiger partial charge on any atom is 0.251 e. The number of nitrogens with zero attached hydrogens (tertiary/aromatic N) is 4. The van der Waals surface area contributed by atoms with E-state index in [2.05, 4.69) is 22.1 Å². The normalized spacial score (nSPS) is 10.3. The number of rotatable bonds is 6. The molecule has 0 unspecified atom stereocenters. The zero-order valence-corrected chi connectivity index (χ0v) is 14.1. The summed E-state index contributed by atoms with van der Waals surface area (Å²) < 4.78 is 0. The Hall–Kier alpha value is -2.96. The summed E-state index contributed by atoms with van der Waals surface area (Å²) >= 11 is 0. The SMILES string of the molecule is C=CC(=O)N(Cc1nn(CC)nc1C)c1cccc(C(=O)NC)c1. The van der Waals surface area contributed by atoms with Crippen molar-refractivity contribution in [3.05, 3.63) is 53.9 Å². The van der Waals surface area contributed by atoms with E-state index in [1.165, 1.54) is 11.0 Å². The number of carbonyl (C=O) groups is 2. The van der Waals surface area contributed by atoms with Crippen molar-refractivity contribution in [2.45, 2.75) is 26.9 Å². The molecule has 1 N–H and O–H groups in total. The predicted octanol–water partition coefficient (Wildman–Crippen LogP) is 1.69. The van der Waals surface area contributed by atoms with E-state index in [0.717, 1.165) is 5.69 Å². The van der Waals surface area contributed by atoms with Crippen LogP contribution in [0.5, 0.6) is 0 Å². The number of carbonyl (C=O) groups excluding carboxylic acids is 2. The van der Waals surface area contributed by atoms with Gasteiger partial charge in [-0.05, 0) is 38.1 Å². The number of benzene rings is 1. The monoisotopic (exact) mass is 327 g/mol. The molecule has 1 aromatic carbocycles. The molecule has 1 aromatic heterocycles. The summed E-state index contributed by atoms with van der Waals surface area (Å²) in [6, 6.07) is 6.86. The van der Waals surface area contributed by atoms with Crippen molar-refractivity contribution in [3.63, 3.8) is 0 Å². The predicted molar refractivity (Wildman–Crippen MR) is 91.7 cm³/mol. The molecule has 0 aliphatic carbocycles. The van der Waals surface area contributed by atoms with Gasteiger partial charge in [0, 0.05) is 18.3 Å². The Morgan fingerprint density at radius 1 is 1.38 bits per heavy atom. The van der Waals surface area contributed by atoms with Crippen LogP contribution in [-0.4, -0.2) is 33.9 Å². The molecule has 2 aromatic rings. The molecular weight excluding hydrogens is 306 g/mol. The number of aryl methyl sites for hydroxylation is 2. The highest BCUT2D eigenvalue weighted by molar-refractivity contribution is 6.02. The lowest BCUT2D eigenvalue weighted by Crippen LogP contribution is -2.29. The van der Waals surface area contributed by atoms with E-state index in [1.807, 2.05) is 13.8 Å². The maximum absolute atomic E-state index is 12.3. The van der Waals surface area contributed by atoms with Crippen LogP contribution < -0.4 is 10.2 Å². The van der Waals surface area contributed by atoms with Crippen LogP contribution in [0.3, 0.4) is 0 Å². The van der Waals surface area contributed by atoms with E-state index in [1.54, 1.807) is 36.1 Å². The van der Waals surface area contributed by atoms with Crippen molar-refractivity contribution in [1.82, 2.24) is 20.3 Å². The molecule has 0 radical (unpaired) electrons. The van der Waals surface area contributed by atoms with Crippen LogP contribution in [0, 0.1) is 6.92 Å². The minimum Gasteiger partial charge on any atom is -0.355 e. The van der Waals surface area contributed by atoms with Crippen LogP contribution in [0.1, 0.15) is 28.7 Å². The largest absolute Gasteiger partial charge is 0.355 e. The molecular formula is C17H21N5O2. The Balaban J connectivity index is 2.38. The van der Waals surface area contributed by atoms with Gasteiger partial charge in [-0.3, -0.25) is 9.59 Å². The van der Waals surface area contributed by atoms with E-state index in [-0.39, 0.29) is 18.4 Å². The standard InChI is InChI=1S/C17H21N5O2/c1-5-16(23)21(11-15-12(3)19-22(6-2)20-15)14-9-7-8-13(10-14)17(24)18-4/h5,7-10H,1,6,11H2,2-4H3,(H,18,24). The molecule has 0 saturated carbocycles. The summed E-state index contributed by atoms with van der Waals surface area (Å²) in [6.07, 6.45) is 1.24. The summed E-state index contributed by atoms with van der Waals surface area (Å²) in [5.74, 6) is -0.481. The second-order valence-corrected chi connectivity index (χ2v) is 5.18. The van der Waals surface area contributed by atoms with Crippen LogP contribution in [0.4, 0.5) is 5.69 Å². The van der Waals surface area contributed by atoms with Crippen LogP contribution in [0.15, 0.2) is 36.9 Å². The lowest BCUT2D eigenvalue weighted by molar-refractivity contribution is -0.114. The minimum atomic E-state index is -0.269. The Morgan fingerprint density at radius 2 is 2.12 bits per heavy atom. The molecule has 2 amide bonds. The zero-order chi connectivity index (χ0) is 17.7. The van der Waals surface area contributed by atoms with Gasteiger partial charge in [-0.1, -0.05) is 12.6 Å². The third-order valence-corrected chi connectivity index (χ3v) is 3.60. The van der Waals surface area contributed by atoms with Crippen molar-refractivity contribution in [1.29, 1.82) is 0 Å². The molecule has 0 aliphatic heterocycles. The lowest BCUT2D eigenvalue weighted by atomic mass is 10.1. The smallest absolute Gasteiger partial charge is 0.251 e. The second kappa shape index (κ2) is 7.54. The number of anilines is 1. The fourth-order valence-electron chi connectivity index (χ4n) is 2.27. The molecule has 0 bridgehead atoms. The topological polar surface area (TPSA) is 80.1 Å². The summed E-state index contributed by atoms with van der Waals surface area (Å²) in [6.45, 7) is 8.27. The van der Waals surface area contributed by atoms with Crippen molar-refractivity contribution >= 4 is 17.5 Å². The maximum atomic E-state index is 12.3.